The Kier molecular flexibility index (Phi) is 2.74. The van der Waals surface area contributed by atoms with Crippen LogP contribution >= 0.6 is 0 Å². The normalized spacial score (nSPS) is 14.7. The molecule has 0 bridgehead atoms. The summed E-state index contributed by atoms with van der Waals surface area (Å²) in [6.07, 6.45) is 0.153. The van der Waals surface area contributed by atoms with E-state index in [1.54, 1.807) is 6.07 Å². The van der Waals surface area contributed by atoms with Crippen LogP contribution in [0.4, 0.5) is 0 Å². The van der Waals surface area contributed by atoms with Crippen LogP contribution in [0.15, 0.2) is 24.4 Å². The van der Waals surface area contributed by atoms with Gasteiger partial charge in [0.2, 0.25) is 0 Å². The number of nitrogens with one attached hydrogen (secondary N) is 1. The summed E-state index contributed by atoms with van der Waals surface area (Å²) in [7, 11) is 0. The first-order valence-electron chi connectivity index (χ1n) is 4.97. The zero-order valence-electron chi connectivity index (χ0n) is 8.79. The van der Waals surface area contributed by atoms with Crippen LogP contribution in [0, 0.1) is 0 Å². The third-order valence-corrected chi connectivity index (χ3v) is 2.64. The number of carbonyl (C=O) groups is 1. The quantitative estimate of drug-likeness (QED) is 0.525. The van der Waals surface area contributed by atoms with Crippen molar-refractivity contribution in [1.82, 2.24) is 4.98 Å². The van der Waals surface area contributed by atoms with Gasteiger partial charge in [0.05, 0.1) is 0 Å². The van der Waals surface area contributed by atoms with Crippen molar-refractivity contribution in [3.63, 3.8) is 0 Å². The number of aromatic nitrogens is 1. The summed E-state index contributed by atoms with van der Waals surface area (Å²) < 4.78 is 0. The van der Waals surface area contributed by atoms with E-state index < -0.39 is 18.1 Å². The fraction of sp³-hybridized carbons (Fsp3) is 0.182. The van der Waals surface area contributed by atoms with Gasteiger partial charge in [-0.1, -0.05) is 0 Å². The first-order valence-corrected chi connectivity index (χ1v) is 4.97. The number of hydrogen-bond donors (Lipinski definition) is 5. The van der Waals surface area contributed by atoms with Crippen molar-refractivity contribution in [2.75, 3.05) is 0 Å². The number of carboxylic acids is 1. The molecule has 0 aliphatic carbocycles. The van der Waals surface area contributed by atoms with Crippen molar-refractivity contribution in [2.45, 2.75) is 12.1 Å². The average Bonchev–Trinajstić information content (AvgIpc) is 2.69. The van der Waals surface area contributed by atoms with Gasteiger partial charge in [-0.05, 0) is 18.2 Å². The van der Waals surface area contributed by atoms with Gasteiger partial charge in [-0.3, -0.25) is 4.79 Å². The first-order chi connectivity index (χ1) is 8.00. The number of aliphatic carboxylic acids is 1. The van der Waals surface area contributed by atoms with Crippen molar-refractivity contribution in [3.05, 3.63) is 30.0 Å². The molecule has 2 atom stereocenters. The summed E-state index contributed by atoms with van der Waals surface area (Å²) >= 11 is 0. The molecule has 90 valence electrons. The molecule has 1 aromatic heterocycles. The Hall–Kier alpha value is -2.05. The fourth-order valence-corrected chi connectivity index (χ4v) is 1.70. The highest BCUT2D eigenvalue weighted by molar-refractivity contribution is 5.86. The lowest BCUT2D eigenvalue weighted by atomic mass is 10.0. The van der Waals surface area contributed by atoms with Gasteiger partial charge in [-0.25, -0.2) is 0 Å². The zero-order chi connectivity index (χ0) is 12.6. The topological polar surface area (TPSA) is 120 Å². The zero-order valence-corrected chi connectivity index (χ0v) is 8.79. The number of fused-ring (bicyclic) bond motifs is 1. The van der Waals surface area contributed by atoms with E-state index in [9.17, 15) is 15.0 Å². The smallest absolute Gasteiger partial charge is 0.323 e. The number of carboxylic acid groups (broad SMARTS) is 1. The monoisotopic (exact) mass is 236 g/mol. The minimum atomic E-state index is -1.41. The molecule has 1 unspecified atom stereocenters. The number of aromatic hydroxyl groups is 1. The van der Waals surface area contributed by atoms with Crippen molar-refractivity contribution >= 4 is 16.9 Å². The number of aliphatic hydroxyl groups excluding tert-OH is 1. The molecule has 2 rings (SSSR count). The second kappa shape index (κ2) is 4.08. The van der Waals surface area contributed by atoms with Gasteiger partial charge >= 0.3 is 5.97 Å². The highest BCUT2D eigenvalue weighted by Gasteiger charge is 2.25. The lowest BCUT2D eigenvalue weighted by molar-refractivity contribution is -0.141. The molecule has 0 radical (unpaired) electrons. The molecule has 0 spiro atoms. The SMILES string of the molecule is N[C@H](C(=O)O)C(O)c1c[nH]c2ccc(O)cc12. The lowest BCUT2D eigenvalue weighted by Gasteiger charge is -2.14. The molecule has 6 heteroatoms. The van der Waals surface area contributed by atoms with Crippen molar-refractivity contribution in [1.29, 1.82) is 0 Å². The molecular formula is C11H12N2O4. The highest BCUT2D eigenvalue weighted by Crippen LogP contribution is 2.28. The first kappa shape index (κ1) is 11.4. The van der Waals surface area contributed by atoms with Crippen molar-refractivity contribution in [2.24, 2.45) is 5.73 Å². The standard InChI is InChI=1S/C11H12N2O4/c12-9(11(16)17)10(15)7-4-13-8-2-1-5(14)3-6(7)8/h1-4,9-10,13-15H,12H2,(H,16,17)/t9-,10?/m0/s1. The molecule has 6 nitrogen and oxygen atoms in total. The molecule has 17 heavy (non-hydrogen) atoms. The summed E-state index contributed by atoms with van der Waals surface area (Å²) in [6.45, 7) is 0. The van der Waals surface area contributed by atoms with E-state index in [0.717, 1.165) is 0 Å². The lowest BCUT2D eigenvalue weighted by Crippen LogP contribution is -2.36. The molecule has 1 heterocycles. The van der Waals surface area contributed by atoms with Crippen molar-refractivity contribution in [3.8, 4) is 5.75 Å². The van der Waals surface area contributed by atoms with Gasteiger partial charge in [0.1, 0.15) is 17.9 Å². The Balaban J connectivity index is 2.48. The Morgan fingerprint density at radius 1 is 1.41 bits per heavy atom. The van der Waals surface area contributed by atoms with E-state index in [1.165, 1.54) is 18.3 Å². The van der Waals surface area contributed by atoms with Crippen LogP contribution in [0.5, 0.6) is 5.75 Å². The number of aliphatic hydroxyl groups is 1. The van der Waals surface area contributed by atoms with Crippen LogP contribution in [0.2, 0.25) is 0 Å². The molecule has 0 fully saturated rings. The third kappa shape index (κ3) is 1.95. The molecule has 0 saturated carbocycles. The van der Waals surface area contributed by atoms with Crippen molar-refractivity contribution < 1.29 is 20.1 Å². The molecule has 0 saturated heterocycles. The minimum Gasteiger partial charge on any atom is -0.508 e. The van der Waals surface area contributed by atoms with Crippen LogP contribution in [0.1, 0.15) is 11.7 Å². The maximum Gasteiger partial charge on any atom is 0.323 e. The fourth-order valence-electron chi connectivity index (χ4n) is 1.70. The van der Waals surface area contributed by atoms with Gasteiger partial charge in [-0.2, -0.15) is 0 Å². The van der Waals surface area contributed by atoms with E-state index >= 15 is 0 Å². The Morgan fingerprint density at radius 3 is 2.76 bits per heavy atom. The van der Waals surface area contributed by atoms with E-state index in [1.807, 2.05) is 0 Å². The van der Waals surface area contributed by atoms with E-state index in [-0.39, 0.29) is 5.75 Å². The number of benzene rings is 1. The van der Waals surface area contributed by atoms with Gasteiger partial charge in [0.15, 0.2) is 0 Å². The maximum atomic E-state index is 10.7. The van der Waals surface area contributed by atoms with Crippen LogP contribution < -0.4 is 5.73 Å². The predicted molar refractivity (Wildman–Crippen MR) is 60.5 cm³/mol. The Morgan fingerprint density at radius 2 is 2.12 bits per heavy atom. The molecule has 0 aliphatic heterocycles. The van der Waals surface area contributed by atoms with Crippen LogP contribution in [0.25, 0.3) is 10.9 Å². The number of phenols is 1. The van der Waals surface area contributed by atoms with Crippen LogP contribution in [-0.2, 0) is 4.79 Å². The number of hydrogen-bond acceptors (Lipinski definition) is 4. The van der Waals surface area contributed by atoms with Gasteiger partial charge in [0.25, 0.3) is 0 Å². The third-order valence-electron chi connectivity index (χ3n) is 2.64. The highest BCUT2D eigenvalue weighted by atomic mass is 16.4. The summed E-state index contributed by atoms with van der Waals surface area (Å²) in [5.74, 6) is -1.25. The van der Waals surface area contributed by atoms with Gasteiger partial charge in [-0.15, -0.1) is 0 Å². The summed E-state index contributed by atoms with van der Waals surface area (Å²) in [6, 6.07) is 3.16. The average molecular weight is 236 g/mol. The molecular weight excluding hydrogens is 224 g/mol. The van der Waals surface area contributed by atoms with Crippen LogP contribution in [0.3, 0.4) is 0 Å². The van der Waals surface area contributed by atoms with E-state index in [4.69, 9.17) is 10.8 Å². The minimum absolute atomic E-state index is 0.0365. The maximum absolute atomic E-state index is 10.7. The molecule has 0 amide bonds. The largest absolute Gasteiger partial charge is 0.508 e. The number of H-pyrrole nitrogens is 1. The molecule has 1 aromatic carbocycles. The predicted octanol–water partition coefficient (Wildman–Crippen LogP) is 0.319. The number of nitrogens with two attached hydrogens (primary N) is 1. The number of phenolic OH excluding ortho intramolecular Hbond substituents is 1. The van der Waals surface area contributed by atoms with Crippen LogP contribution in [-0.4, -0.2) is 32.3 Å². The number of rotatable bonds is 3. The van der Waals surface area contributed by atoms with Gasteiger partial charge < -0.3 is 26.0 Å². The Labute approximate surface area is 96.3 Å². The Bertz CT molecular complexity index is 564. The molecule has 6 N–H and O–H groups in total. The second-order valence-corrected chi connectivity index (χ2v) is 3.78. The summed E-state index contributed by atoms with van der Waals surface area (Å²) in [4.78, 5) is 13.6. The van der Waals surface area contributed by atoms with Gasteiger partial charge in [0, 0.05) is 22.7 Å². The molecule has 0 aliphatic rings. The summed E-state index contributed by atoms with van der Waals surface area (Å²) in [5, 5.41) is 28.5. The van der Waals surface area contributed by atoms with E-state index in [0.29, 0.717) is 16.5 Å². The molecule has 2 aromatic rings. The summed E-state index contributed by atoms with van der Waals surface area (Å²) in [5.41, 5.74) is 6.40. The van der Waals surface area contributed by atoms with E-state index in [2.05, 4.69) is 4.98 Å². The number of aromatic amines is 1. The second-order valence-electron chi connectivity index (χ2n) is 3.78.